The van der Waals surface area contributed by atoms with Crippen LogP contribution in [0.25, 0.3) is 0 Å². The Hall–Kier alpha value is -0.330. The first kappa shape index (κ1) is 9.67. The van der Waals surface area contributed by atoms with Crippen LogP contribution in [0.3, 0.4) is 0 Å². The first-order valence-corrected chi connectivity index (χ1v) is 3.97. The van der Waals surface area contributed by atoms with E-state index >= 15 is 0 Å². The smallest absolute Gasteiger partial charge is 0.0925 e. The Kier molecular flexibility index (Phi) is 5.27. The molecular weight excluding hydrogens is 127 g/mol. The van der Waals surface area contributed by atoms with Crippen molar-refractivity contribution in [3.05, 3.63) is 12.2 Å². The lowest BCUT2D eigenvalue weighted by atomic mass is 9.98. The second-order valence-electron chi connectivity index (χ2n) is 2.74. The Labute approximate surface area is 63.1 Å². The molecule has 10 heavy (non-hydrogen) atoms. The maximum atomic E-state index is 12.1. The summed E-state index contributed by atoms with van der Waals surface area (Å²) in [6.07, 6.45) is 2.77. The third kappa shape index (κ3) is 3.65. The number of rotatable bonds is 5. The van der Waals surface area contributed by atoms with Crippen LogP contribution in [0.2, 0.25) is 0 Å². The van der Waals surface area contributed by atoms with Crippen molar-refractivity contribution in [2.24, 2.45) is 5.92 Å². The van der Waals surface area contributed by atoms with E-state index in [4.69, 9.17) is 0 Å². The number of halogens is 1. The summed E-state index contributed by atoms with van der Waals surface area (Å²) in [6.45, 7) is 7.73. The lowest BCUT2D eigenvalue weighted by Gasteiger charge is -2.10. The lowest BCUT2D eigenvalue weighted by Crippen LogP contribution is -2.01. The number of hydrogen-bond acceptors (Lipinski definition) is 0. The largest absolute Gasteiger partial charge is 0.251 e. The summed E-state index contributed by atoms with van der Waals surface area (Å²) in [5.41, 5.74) is 1.17. The van der Waals surface area contributed by atoms with Crippen LogP contribution in [0.4, 0.5) is 4.39 Å². The molecule has 1 heteroatoms. The van der Waals surface area contributed by atoms with E-state index in [0.29, 0.717) is 0 Å². The molecule has 0 spiro atoms. The van der Waals surface area contributed by atoms with Crippen molar-refractivity contribution in [1.82, 2.24) is 0 Å². The third-order valence-corrected chi connectivity index (χ3v) is 1.87. The molecule has 0 fully saturated rings. The van der Waals surface area contributed by atoms with Crippen molar-refractivity contribution < 1.29 is 4.39 Å². The van der Waals surface area contributed by atoms with Gasteiger partial charge in [-0.25, -0.2) is 0 Å². The Morgan fingerprint density at radius 1 is 1.50 bits per heavy atom. The zero-order valence-electron chi connectivity index (χ0n) is 6.99. The van der Waals surface area contributed by atoms with Crippen molar-refractivity contribution in [3.63, 3.8) is 0 Å². The minimum absolute atomic E-state index is 0.199. The second-order valence-corrected chi connectivity index (χ2v) is 2.74. The molecule has 0 aromatic rings. The highest BCUT2D eigenvalue weighted by Gasteiger charge is 2.05. The predicted molar refractivity (Wildman–Crippen MR) is 43.8 cm³/mol. The van der Waals surface area contributed by atoms with Gasteiger partial charge in [0.1, 0.15) is 0 Å². The zero-order valence-corrected chi connectivity index (χ0v) is 6.99. The Morgan fingerprint density at radius 3 is 2.40 bits per heavy atom. The second kappa shape index (κ2) is 5.45. The fourth-order valence-corrected chi connectivity index (χ4v) is 0.861. The van der Waals surface area contributed by atoms with Crippen LogP contribution in [-0.4, -0.2) is 6.67 Å². The number of hydrogen-bond donors (Lipinski definition) is 0. The van der Waals surface area contributed by atoms with Crippen molar-refractivity contribution in [2.45, 2.75) is 33.1 Å². The Balaban J connectivity index is 3.52. The van der Waals surface area contributed by atoms with Gasteiger partial charge in [-0.1, -0.05) is 32.4 Å². The van der Waals surface area contributed by atoms with Gasteiger partial charge in [0.25, 0.3) is 0 Å². The normalized spacial score (nSPS) is 13.1. The molecule has 0 amide bonds. The van der Waals surface area contributed by atoms with Crippen molar-refractivity contribution >= 4 is 0 Å². The molecule has 0 aliphatic heterocycles. The van der Waals surface area contributed by atoms with Gasteiger partial charge in [0.15, 0.2) is 0 Å². The van der Waals surface area contributed by atoms with Crippen molar-refractivity contribution in [2.75, 3.05) is 6.67 Å². The van der Waals surface area contributed by atoms with E-state index in [1.165, 1.54) is 5.57 Å². The first-order valence-electron chi connectivity index (χ1n) is 3.97. The fraction of sp³-hybridized carbons (Fsp3) is 0.778. The van der Waals surface area contributed by atoms with Gasteiger partial charge in [-0.3, -0.25) is 4.39 Å². The van der Waals surface area contributed by atoms with E-state index in [0.717, 1.165) is 19.3 Å². The maximum Gasteiger partial charge on any atom is 0.0925 e. The predicted octanol–water partition coefficient (Wildman–Crippen LogP) is 3.34. The van der Waals surface area contributed by atoms with Crippen LogP contribution < -0.4 is 0 Å². The van der Waals surface area contributed by atoms with Crippen LogP contribution in [0, 0.1) is 5.92 Å². The summed E-state index contributed by atoms with van der Waals surface area (Å²) in [5, 5.41) is 0. The van der Waals surface area contributed by atoms with Crippen LogP contribution in [0.5, 0.6) is 0 Å². The van der Waals surface area contributed by atoms with Crippen LogP contribution in [-0.2, 0) is 0 Å². The molecule has 1 unspecified atom stereocenters. The molecule has 60 valence electrons. The molecule has 0 heterocycles. The van der Waals surface area contributed by atoms with Gasteiger partial charge in [0, 0.05) is 0 Å². The van der Waals surface area contributed by atoms with E-state index in [-0.39, 0.29) is 12.6 Å². The summed E-state index contributed by atoms with van der Waals surface area (Å²) < 4.78 is 12.1. The highest BCUT2D eigenvalue weighted by atomic mass is 19.1. The quantitative estimate of drug-likeness (QED) is 0.519. The van der Waals surface area contributed by atoms with Gasteiger partial charge in [-0.05, 0) is 18.8 Å². The minimum Gasteiger partial charge on any atom is -0.251 e. The molecule has 0 aliphatic carbocycles. The van der Waals surface area contributed by atoms with Gasteiger partial charge >= 0.3 is 0 Å². The summed E-state index contributed by atoms with van der Waals surface area (Å²) in [7, 11) is 0. The monoisotopic (exact) mass is 144 g/mol. The van der Waals surface area contributed by atoms with Crippen LogP contribution >= 0.6 is 0 Å². The third-order valence-electron chi connectivity index (χ3n) is 1.87. The van der Waals surface area contributed by atoms with Crippen molar-refractivity contribution in [1.29, 1.82) is 0 Å². The summed E-state index contributed by atoms with van der Waals surface area (Å²) >= 11 is 0. The average Bonchev–Trinajstić information content (AvgIpc) is 1.99. The molecule has 0 bridgehead atoms. The standard InChI is InChI=1S/C9H17F/c1-4-8(3)6-9(5-2)7-10/h9H,3-7H2,1-2H3. The van der Waals surface area contributed by atoms with E-state index in [1.807, 2.05) is 6.92 Å². The highest BCUT2D eigenvalue weighted by molar-refractivity contribution is 4.94. The zero-order chi connectivity index (χ0) is 7.98. The lowest BCUT2D eigenvalue weighted by molar-refractivity contribution is 0.349. The first-order chi connectivity index (χ1) is 4.74. The molecule has 0 nitrogen and oxygen atoms in total. The molecule has 0 rings (SSSR count). The molecule has 1 atom stereocenters. The molecular formula is C9H17F. The van der Waals surface area contributed by atoms with Crippen LogP contribution in [0.1, 0.15) is 33.1 Å². The Morgan fingerprint density at radius 2 is 2.10 bits per heavy atom. The van der Waals surface area contributed by atoms with Gasteiger partial charge < -0.3 is 0 Å². The Bertz CT molecular complexity index is 92.9. The minimum atomic E-state index is -0.199. The highest BCUT2D eigenvalue weighted by Crippen LogP contribution is 2.16. The summed E-state index contributed by atoms with van der Waals surface area (Å²) in [4.78, 5) is 0. The molecule has 0 N–H and O–H groups in total. The van der Waals surface area contributed by atoms with E-state index in [1.54, 1.807) is 0 Å². The van der Waals surface area contributed by atoms with Gasteiger partial charge in [-0.2, -0.15) is 0 Å². The van der Waals surface area contributed by atoms with Crippen molar-refractivity contribution in [3.8, 4) is 0 Å². The molecule has 0 aromatic carbocycles. The summed E-state index contributed by atoms with van der Waals surface area (Å²) in [5.74, 6) is 0.215. The van der Waals surface area contributed by atoms with Gasteiger partial charge in [-0.15, -0.1) is 0 Å². The average molecular weight is 144 g/mol. The van der Waals surface area contributed by atoms with Gasteiger partial charge in [0.05, 0.1) is 6.67 Å². The van der Waals surface area contributed by atoms with E-state index in [9.17, 15) is 4.39 Å². The number of allylic oxidation sites excluding steroid dienone is 1. The van der Waals surface area contributed by atoms with E-state index in [2.05, 4.69) is 13.5 Å². The topological polar surface area (TPSA) is 0 Å². The van der Waals surface area contributed by atoms with E-state index < -0.39 is 0 Å². The molecule has 0 saturated carbocycles. The molecule has 0 saturated heterocycles. The van der Waals surface area contributed by atoms with Gasteiger partial charge in [0.2, 0.25) is 0 Å². The summed E-state index contributed by atoms with van der Waals surface area (Å²) in [6, 6.07) is 0. The van der Waals surface area contributed by atoms with Crippen LogP contribution in [0.15, 0.2) is 12.2 Å². The molecule has 0 aromatic heterocycles. The molecule has 0 aliphatic rings. The number of alkyl halides is 1. The fourth-order valence-electron chi connectivity index (χ4n) is 0.861. The maximum absolute atomic E-state index is 12.1. The molecule has 0 radical (unpaired) electrons. The SMILES string of the molecule is C=C(CC)CC(CC)CF.